The average molecular weight is 651 g/mol. The molecule has 0 spiro atoms. The van der Waals surface area contributed by atoms with E-state index in [1.54, 1.807) is 0 Å². The van der Waals surface area contributed by atoms with Crippen LogP contribution >= 0.6 is 0 Å². The van der Waals surface area contributed by atoms with Gasteiger partial charge in [-0.1, -0.05) is 109 Å². The fraction of sp³-hybridized carbons (Fsp3) is 0. The largest absolute Gasteiger partial charge is 0.311 e. The van der Waals surface area contributed by atoms with E-state index in [1.165, 1.54) is 16.2 Å². The van der Waals surface area contributed by atoms with E-state index in [1.807, 2.05) is 18.5 Å². The van der Waals surface area contributed by atoms with Crippen LogP contribution < -0.4 is 4.90 Å². The number of anilines is 3. The van der Waals surface area contributed by atoms with Crippen molar-refractivity contribution in [3.05, 3.63) is 182 Å². The number of rotatable bonds is 5. The van der Waals surface area contributed by atoms with Crippen molar-refractivity contribution in [1.82, 2.24) is 15.0 Å². The van der Waals surface area contributed by atoms with Crippen LogP contribution in [-0.2, 0) is 0 Å². The molecule has 238 valence electrons. The summed E-state index contributed by atoms with van der Waals surface area (Å²) in [5.74, 6) is 0. The molecular formula is C47H30N4. The van der Waals surface area contributed by atoms with E-state index in [9.17, 15) is 0 Å². The first-order valence-electron chi connectivity index (χ1n) is 17.2. The number of nitrogens with zero attached hydrogens (tertiary/aromatic N) is 4. The van der Waals surface area contributed by atoms with E-state index in [2.05, 4.69) is 169 Å². The average Bonchev–Trinajstić information content (AvgIpc) is 3.21. The lowest BCUT2D eigenvalue weighted by Crippen LogP contribution is -2.09. The first-order valence-corrected chi connectivity index (χ1v) is 17.2. The highest BCUT2D eigenvalue weighted by molar-refractivity contribution is 6.26. The molecule has 0 saturated carbocycles. The number of fused-ring (bicyclic) bond motifs is 8. The monoisotopic (exact) mass is 650 g/mol. The van der Waals surface area contributed by atoms with Gasteiger partial charge in [-0.15, -0.1) is 0 Å². The molecule has 4 nitrogen and oxygen atoms in total. The van der Waals surface area contributed by atoms with E-state index in [0.717, 1.165) is 77.5 Å². The van der Waals surface area contributed by atoms with Crippen LogP contribution in [0, 0.1) is 0 Å². The Bertz CT molecular complexity index is 2860. The van der Waals surface area contributed by atoms with Crippen molar-refractivity contribution >= 4 is 71.3 Å². The van der Waals surface area contributed by atoms with Gasteiger partial charge in [-0.3, -0.25) is 9.97 Å². The van der Waals surface area contributed by atoms with Crippen molar-refractivity contribution in [3.8, 4) is 22.4 Å². The third kappa shape index (κ3) is 4.80. The Labute approximate surface area is 294 Å². The second-order valence-electron chi connectivity index (χ2n) is 12.8. The lowest BCUT2D eigenvalue weighted by molar-refractivity contribution is 1.28. The van der Waals surface area contributed by atoms with Gasteiger partial charge in [0.1, 0.15) is 0 Å². The molecular weight excluding hydrogens is 621 g/mol. The van der Waals surface area contributed by atoms with Crippen LogP contribution in [0.3, 0.4) is 0 Å². The molecule has 51 heavy (non-hydrogen) atoms. The van der Waals surface area contributed by atoms with Crippen molar-refractivity contribution in [2.24, 2.45) is 0 Å². The molecule has 3 heterocycles. The Hall–Kier alpha value is -6.91. The van der Waals surface area contributed by atoms with Crippen LogP contribution in [0.25, 0.3) is 76.6 Å². The van der Waals surface area contributed by atoms with Gasteiger partial charge < -0.3 is 4.90 Å². The van der Waals surface area contributed by atoms with E-state index in [0.29, 0.717) is 0 Å². The van der Waals surface area contributed by atoms with Gasteiger partial charge in [-0.05, 0) is 82.6 Å². The maximum absolute atomic E-state index is 5.37. The number of benzene rings is 7. The molecule has 0 aliphatic carbocycles. The summed E-state index contributed by atoms with van der Waals surface area (Å²) in [4.78, 5) is 17.2. The summed E-state index contributed by atoms with van der Waals surface area (Å²) in [7, 11) is 0. The summed E-state index contributed by atoms with van der Waals surface area (Å²) < 4.78 is 0. The van der Waals surface area contributed by atoms with Gasteiger partial charge in [0, 0.05) is 62.0 Å². The third-order valence-corrected chi connectivity index (χ3v) is 9.91. The van der Waals surface area contributed by atoms with Crippen LogP contribution in [0.1, 0.15) is 0 Å². The molecule has 0 aliphatic heterocycles. The van der Waals surface area contributed by atoms with E-state index in [-0.39, 0.29) is 0 Å². The minimum atomic E-state index is 0.906. The highest BCUT2D eigenvalue weighted by atomic mass is 15.1. The molecule has 0 aliphatic rings. The summed E-state index contributed by atoms with van der Waals surface area (Å²) in [6.07, 6.45) is 3.75. The van der Waals surface area contributed by atoms with Crippen LogP contribution in [0.15, 0.2) is 182 Å². The summed E-state index contributed by atoms with van der Waals surface area (Å²) in [6.45, 7) is 0. The Morgan fingerprint density at radius 3 is 1.80 bits per heavy atom. The SMILES string of the molecule is c1ccc(N(c2ccccc2)c2ccc(-c3nc4ccccc4c4c3cc(-c3ccnc5c3ccc3cccnc35)c3ccccc34)cc2)cc1. The fourth-order valence-electron chi connectivity index (χ4n) is 7.62. The lowest BCUT2D eigenvalue weighted by Gasteiger charge is -2.25. The topological polar surface area (TPSA) is 41.9 Å². The van der Waals surface area contributed by atoms with Crippen molar-refractivity contribution in [2.45, 2.75) is 0 Å². The zero-order valence-corrected chi connectivity index (χ0v) is 27.6. The van der Waals surface area contributed by atoms with Crippen molar-refractivity contribution < 1.29 is 0 Å². The molecule has 0 amide bonds. The zero-order chi connectivity index (χ0) is 33.7. The first-order chi connectivity index (χ1) is 25.3. The minimum absolute atomic E-state index is 0.906. The molecule has 0 atom stereocenters. The summed E-state index contributed by atoms with van der Waals surface area (Å²) in [5.41, 5.74) is 10.4. The summed E-state index contributed by atoms with van der Waals surface area (Å²) in [6, 6.07) is 60.0. The lowest BCUT2D eigenvalue weighted by atomic mass is 9.89. The Kier molecular flexibility index (Phi) is 6.78. The maximum atomic E-state index is 5.37. The van der Waals surface area contributed by atoms with Gasteiger partial charge in [0.05, 0.1) is 22.2 Å². The molecule has 0 bridgehead atoms. The number of hydrogen-bond acceptors (Lipinski definition) is 4. The molecule has 10 rings (SSSR count). The Morgan fingerprint density at radius 1 is 0.392 bits per heavy atom. The van der Waals surface area contributed by atoms with Gasteiger partial charge in [0.2, 0.25) is 0 Å². The predicted octanol–water partition coefficient (Wildman–Crippen LogP) is 12.4. The molecule has 0 N–H and O–H groups in total. The molecule has 4 heteroatoms. The molecule has 0 fully saturated rings. The van der Waals surface area contributed by atoms with Gasteiger partial charge in [-0.2, -0.15) is 0 Å². The van der Waals surface area contributed by atoms with Crippen LogP contribution in [-0.4, -0.2) is 15.0 Å². The van der Waals surface area contributed by atoms with Crippen LogP contribution in [0.4, 0.5) is 17.1 Å². The summed E-state index contributed by atoms with van der Waals surface area (Å²) in [5, 5.41) is 8.01. The standard InChI is InChI=1S/C47H30N4/c1-3-13-33(14-4-1)51(34-15-5-2-6-16-34)35-24-21-32(22-25-35)45-42-30-41(37-27-29-49-47-39(37)26-23-31-12-11-28-48-46(31)47)36-17-7-8-18-38(36)44(42)40-19-9-10-20-43(40)50-45/h1-30H. The molecule has 0 saturated heterocycles. The fourth-order valence-corrected chi connectivity index (χ4v) is 7.62. The second-order valence-corrected chi connectivity index (χ2v) is 12.8. The highest BCUT2D eigenvalue weighted by Gasteiger charge is 2.19. The smallest absolute Gasteiger partial charge is 0.0970 e. The zero-order valence-electron chi connectivity index (χ0n) is 27.6. The maximum Gasteiger partial charge on any atom is 0.0970 e. The predicted molar refractivity (Wildman–Crippen MR) is 213 cm³/mol. The van der Waals surface area contributed by atoms with Crippen molar-refractivity contribution in [3.63, 3.8) is 0 Å². The Balaban J connectivity index is 1.23. The molecule has 0 unspecified atom stereocenters. The van der Waals surface area contributed by atoms with Crippen LogP contribution in [0.5, 0.6) is 0 Å². The van der Waals surface area contributed by atoms with E-state index < -0.39 is 0 Å². The van der Waals surface area contributed by atoms with Gasteiger partial charge >= 0.3 is 0 Å². The quantitative estimate of drug-likeness (QED) is 0.174. The number of hydrogen-bond donors (Lipinski definition) is 0. The van der Waals surface area contributed by atoms with Gasteiger partial charge in [0.15, 0.2) is 0 Å². The second kappa shape index (κ2) is 11.9. The molecule has 7 aromatic carbocycles. The summed E-state index contributed by atoms with van der Waals surface area (Å²) >= 11 is 0. The highest BCUT2D eigenvalue weighted by Crippen LogP contribution is 2.44. The number of para-hydroxylation sites is 3. The van der Waals surface area contributed by atoms with Gasteiger partial charge in [-0.25, -0.2) is 4.98 Å². The van der Waals surface area contributed by atoms with E-state index >= 15 is 0 Å². The number of pyridine rings is 3. The first kappa shape index (κ1) is 29.0. The van der Waals surface area contributed by atoms with Crippen LogP contribution in [0.2, 0.25) is 0 Å². The van der Waals surface area contributed by atoms with Crippen molar-refractivity contribution in [2.75, 3.05) is 4.90 Å². The number of aromatic nitrogens is 3. The third-order valence-electron chi connectivity index (χ3n) is 9.91. The van der Waals surface area contributed by atoms with E-state index in [4.69, 9.17) is 15.0 Å². The van der Waals surface area contributed by atoms with Gasteiger partial charge in [0.25, 0.3) is 0 Å². The van der Waals surface area contributed by atoms with Crippen molar-refractivity contribution in [1.29, 1.82) is 0 Å². The normalized spacial score (nSPS) is 11.5. The molecule has 10 aromatic rings. The molecule has 3 aromatic heterocycles. The minimum Gasteiger partial charge on any atom is -0.311 e. The molecule has 0 radical (unpaired) electrons. The Morgan fingerprint density at radius 2 is 1.04 bits per heavy atom.